The van der Waals surface area contributed by atoms with E-state index in [-0.39, 0.29) is 5.56 Å². The van der Waals surface area contributed by atoms with Gasteiger partial charge in [0.2, 0.25) is 0 Å². The number of pyridine rings is 1. The van der Waals surface area contributed by atoms with E-state index in [0.717, 1.165) is 55.7 Å². The van der Waals surface area contributed by atoms with Crippen LogP contribution in [0.15, 0.2) is 35.1 Å². The minimum Gasteiger partial charge on any atom is -0.311 e. The summed E-state index contributed by atoms with van der Waals surface area (Å²) in [5, 5.41) is 4.54. The number of para-hydroxylation sites is 1. The van der Waals surface area contributed by atoms with E-state index < -0.39 is 0 Å². The van der Waals surface area contributed by atoms with Gasteiger partial charge in [-0.25, -0.2) is 0 Å². The molecule has 2 heterocycles. The van der Waals surface area contributed by atoms with Gasteiger partial charge in [0.05, 0.1) is 5.52 Å². The maximum atomic E-state index is 12.4. The van der Waals surface area contributed by atoms with Crippen LogP contribution in [0.2, 0.25) is 0 Å². The molecule has 23 heavy (non-hydrogen) atoms. The fourth-order valence-corrected chi connectivity index (χ4v) is 3.15. The molecule has 0 aliphatic carbocycles. The molecule has 5 nitrogen and oxygen atoms in total. The van der Waals surface area contributed by atoms with E-state index in [2.05, 4.69) is 28.2 Å². The first-order valence-corrected chi connectivity index (χ1v) is 8.34. The topological polar surface area (TPSA) is 40.5 Å². The van der Waals surface area contributed by atoms with Crippen LogP contribution < -0.4 is 10.9 Å². The summed E-state index contributed by atoms with van der Waals surface area (Å²) in [5.41, 5.74) is 1.92. The third-order valence-corrected chi connectivity index (χ3v) is 4.72. The van der Waals surface area contributed by atoms with Crippen LogP contribution in [-0.2, 0) is 13.6 Å². The molecule has 1 saturated heterocycles. The van der Waals surface area contributed by atoms with Gasteiger partial charge in [-0.05, 0) is 24.6 Å². The second kappa shape index (κ2) is 7.25. The molecule has 1 aromatic heterocycles. The summed E-state index contributed by atoms with van der Waals surface area (Å²) in [4.78, 5) is 17.3. The number of nitrogens with zero attached hydrogens (tertiary/aromatic N) is 3. The summed E-state index contributed by atoms with van der Waals surface area (Å²) in [6.07, 6.45) is 0. The van der Waals surface area contributed by atoms with E-state index >= 15 is 0 Å². The highest BCUT2D eigenvalue weighted by molar-refractivity contribution is 5.79. The molecule has 1 aliphatic rings. The summed E-state index contributed by atoms with van der Waals surface area (Å²) < 4.78 is 1.74. The quantitative estimate of drug-likeness (QED) is 0.832. The molecule has 0 radical (unpaired) electrons. The number of nitrogens with one attached hydrogen (secondary N) is 1. The highest BCUT2D eigenvalue weighted by Gasteiger charge is 2.13. The van der Waals surface area contributed by atoms with Gasteiger partial charge in [-0.2, -0.15) is 0 Å². The van der Waals surface area contributed by atoms with Crippen molar-refractivity contribution in [2.45, 2.75) is 6.54 Å². The Labute approximate surface area is 137 Å². The fourth-order valence-electron chi connectivity index (χ4n) is 3.15. The molecule has 0 amide bonds. The lowest BCUT2D eigenvalue weighted by atomic mass is 10.1. The van der Waals surface area contributed by atoms with Gasteiger partial charge in [-0.15, -0.1) is 0 Å². The average Bonchev–Trinajstić information content (AvgIpc) is 2.57. The van der Waals surface area contributed by atoms with Crippen molar-refractivity contribution in [1.82, 2.24) is 19.7 Å². The molecule has 1 aromatic carbocycles. The monoisotopic (exact) mass is 314 g/mol. The maximum Gasteiger partial charge on any atom is 0.255 e. The van der Waals surface area contributed by atoms with Gasteiger partial charge in [0, 0.05) is 58.4 Å². The second-order valence-electron chi connectivity index (χ2n) is 6.41. The first-order chi connectivity index (χ1) is 11.1. The van der Waals surface area contributed by atoms with Gasteiger partial charge in [0.25, 0.3) is 5.56 Å². The van der Waals surface area contributed by atoms with Gasteiger partial charge in [0.1, 0.15) is 0 Å². The number of piperazine rings is 1. The summed E-state index contributed by atoms with van der Waals surface area (Å²) >= 11 is 0. The zero-order valence-corrected chi connectivity index (χ0v) is 14.1. The summed E-state index contributed by atoms with van der Waals surface area (Å²) in [6, 6.07) is 10.0. The molecule has 0 atom stereocenters. The number of aromatic nitrogens is 1. The van der Waals surface area contributed by atoms with Crippen LogP contribution in [0.4, 0.5) is 0 Å². The first-order valence-electron chi connectivity index (χ1n) is 8.34. The Kier molecular flexibility index (Phi) is 5.10. The molecular formula is C18H26N4O. The Morgan fingerprint density at radius 2 is 1.83 bits per heavy atom. The fraction of sp³-hybridized carbons (Fsp3) is 0.500. The number of likely N-dealkylation sites (N-methyl/N-ethyl adjacent to an activating group) is 1. The van der Waals surface area contributed by atoms with Crippen molar-refractivity contribution in [3.8, 4) is 0 Å². The number of benzene rings is 1. The highest BCUT2D eigenvalue weighted by atomic mass is 16.1. The van der Waals surface area contributed by atoms with E-state index in [0.29, 0.717) is 6.54 Å². The zero-order valence-electron chi connectivity index (χ0n) is 14.1. The van der Waals surface area contributed by atoms with Crippen LogP contribution in [0.1, 0.15) is 5.56 Å². The second-order valence-corrected chi connectivity index (χ2v) is 6.41. The van der Waals surface area contributed by atoms with Crippen molar-refractivity contribution in [3.63, 3.8) is 0 Å². The molecular weight excluding hydrogens is 288 g/mol. The molecule has 1 aliphatic heterocycles. The van der Waals surface area contributed by atoms with Crippen LogP contribution in [0.25, 0.3) is 10.9 Å². The van der Waals surface area contributed by atoms with Crippen LogP contribution in [0, 0.1) is 0 Å². The zero-order chi connectivity index (χ0) is 16.2. The summed E-state index contributed by atoms with van der Waals surface area (Å²) in [7, 11) is 4.02. The number of aryl methyl sites for hydroxylation is 1. The SMILES string of the molecule is CN1CCN(CCNCc2cc3ccccc3n(C)c2=O)CC1. The van der Waals surface area contributed by atoms with Gasteiger partial charge >= 0.3 is 0 Å². The van der Waals surface area contributed by atoms with E-state index in [1.165, 1.54) is 0 Å². The van der Waals surface area contributed by atoms with Crippen molar-refractivity contribution >= 4 is 10.9 Å². The summed E-state index contributed by atoms with van der Waals surface area (Å²) in [5.74, 6) is 0. The highest BCUT2D eigenvalue weighted by Crippen LogP contribution is 2.12. The Balaban J connectivity index is 1.57. The minimum absolute atomic E-state index is 0.0933. The summed E-state index contributed by atoms with van der Waals surface area (Å²) in [6.45, 7) is 7.15. The van der Waals surface area contributed by atoms with E-state index in [1.807, 2.05) is 31.3 Å². The third kappa shape index (κ3) is 3.80. The molecule has 0 bridgehead atoms. The Morgan fingerprint density at radius 3 is 2.61 bits per heavy atom. The largest absolute Gasteiger partial charge is 0.311 e. The molecule has 1 N–H and O–H groups in total. The first kappa shape index (κ1) is 16.2. The van der Waals surface area contributed by atoms with Crippen LogP contribution >= 0.6 is 0 Å². The Hall–Kier alpha value is -1.69. The number of rotatable bonds is 5. The van der Waals surface area contributed by atoms with Crippen molar-refractivity contribution in [1.29, 1.82) is 0 Å². The molecule has 1 fully saturated rings. The van der Waals surface area contributed by atoms with E-state index in [1.54, 1.807) is 4.57 Å². The molecule has 5 heteroatoms. The lowest BCUT2D eigenvalue weighted by Crippen LogP contribution is -2.46. The van der Waals surface area contributed by atoms with Crippen LogP contribution in [-0.4, -0.2) is 60.7 Å². The van der Waals surface area contributed by atoms with Crippen LogP contribution in [0.3, 0.4) is 0 Å². The maximum absolute atomic E-state index is 12.4. The Bertz CT molecular complexity index is 717. The van der Waals surface area contributed by atoms with Gasteiger partial charge in [-0.1, -0.05) is 18.2 Å². The normalized spacial score (nSPS) is 17.0. The van der Waals surface area contributed by atoms with Crippen molar-refractivity contribution in [2.24, 2.45) is 7.05 Å². The van der Waals surface area contributed by atoms with Crippen molar-refractivity contribution in [2.75, 3.05) is 46.3 Å². The van der Waals surface area contributed by atoms with Gasteiger partial charge in [-0.3, -0.25) is 9.69 Å². The van der Waals surface area contributed by atoms with Crippen molar-refractivity contribution < 1.29 is 0 Å². The van der Waals surface area contributed by atoms with Crippen LogP contribution in [0.5, 0.6) is 0 Å². The van der Waals surface area contributed by atoms with Gasteiger partial charge < -0.3 is 14.8 Å². The van der Waals surface area contributed by atoms with Crippen molar-refractivity contribution in [3.05, 3.63) is 46.2 Å². The number of fused-ring (bicyclic) bond motifs is 1. The molecule has 3 rings (SSSR count). The number of hydrogen-bond acceptors (Lipinski definition) is 4. The molecule has 0 saturated carbocycles. The average molecular weight is 314 g/mol. The predicted octanol–water partition coefficient (Wildman–Crippen LogP) is 0.876. The smallest absolute Gasteiger partial charge is 0.255 e. The third-order valence-electron chi connectivity index (χ3n) is 4.72. The molecule has 0 spiro atoms. The Morgan fingerprint density at radius 1 is 1.09 bits per heavy atom. The minimum atomic E-state index is 0.0933. The lowest BCUT2D eigenvalue weighted by Gasteiger charge is -2.32. The lowest BCUT2D eigenvalue weighted by molar-refractivity contribution is 0.154. The predicted molar refractivity (Wildman–Crippen MR) is 94.8 cm³/mol. The van der Waals surface area contributed by atoms with E-state index in [4.69, 9.17) is 0 Å². The molecule has 124 valence electrons. The number of hydrogen-bond donors (Lipinski definition) is 1. The molecule has 0 unspecified atom stereocenters. The standard InChI is InChI=1S/C18H26N4O/c1-20-9-11-22(12-10-20)8-7-19-14-16-13-15-5-3-4-6-17(15)21(2)18(16)23/h3-6,13,19H,7-12,14H2,1-2H3. The van der Waals surface area contributed by atoms with E-state index in [9.17, 15) is 4.79 Å². The van der Waals surface area contributed by atoms with Gasteiger partial charge in [0.15, 0.2) is 0 Å². The molecule has 2 aromatic rings.